The molecule has 0 bridgehead atoms. The molecule has 3 rings (SSSR count). The van der Waals surface area contributed by atoms with Gasteiger partial charge in [0.05, 0.1) is 5.92 Å². The molecule has 1 aromatic heterocycles. The first-order chi connectivity index (χ1) is 13.5. The van der Waals surface area contributed by atoms with E-state index in [1.165, 1.54) is 13.6 Å². The predicted octanol–water partition coefficient (Wildman–Crippen LogP) is 1.82. The van der Waals surface area contributed by atoms with Gasteiger partial charge in [-0.05, 0) is 36.0 Å². The minimum absolute atomic E-state index is 0.120. The van der Waals surface area contributed by atoms with Crippen molar-refractivity contribution in [3.8, 4) is 0 Å². The van der Waals surface area contributed by atoms with Gasteiger partial charge in [-0.3, -0.25) is 14.6 Å². The van der Waals surface area contributed by atoms with Crippen molar-refractivity contribution in [1.29, 1.82) is 0 Å². The number of fused-ring (bicyclic) bond motifs is 1. The molecule has 0 saturated carbocycles. The van der Waals surface area contributed by atoms with Gasteiger partial charge in [-0.1, -0.05) is 30.4 Å². The smallest absolute Gasteiger partial charge is 0.337 e. The number of anilines is 1. The van der Waals surface area contributed by atoms with Crippen LogP contribution in [0.2, 0.25) is 0 Å². The van der Waals surface area contributed by atoms with E-state index < -0.39 is 11.8 Å². The third kappa shape index (κ3) is 4.19. The van der Waals surface area contributed by atoms with Crippen LogP contribution in [0.15, 0.2) is 72.0 Å². The molecule has 2 heterocycles. The van der Waals surface area contributed by atoms with Crippen molar-refractivity contribution in [1.82, 2.24) is 10.5 Å². The van der Waals surface area contributed by atoms with E-state index in [1.54, 1.807) is 25.4 Å². The van der Waals surface area contributed by atoms with Gasteiger partial charge in [0.1, 0.15) is 0 Å². The lowest BCUT2D eigenvalue weighted by Crippen LogP contribution is -2.34. The van der Waals surface area contributed by atoms with Crippen molar-refractivity contribution < 1.29 is 14.3 Å². The summed E-state index contributed by atoms with van der Waals surface area (Å²) in [7, 11) is 1.39. The van der Waals surface area contributed by atoms with Gasteiger partial charge in [-0.2, -0.15) is 0 Å². The summed E-state index contributed by atoms with van der Waals surface area (Å²) in [4.78, 5) is 28.7. The highest BCUT2D eigenvalue weighted by atomic mass is 16.6. The van der Waals surface area contributed by atoms with Crippen molar-refractivity contribution in [2.45, 2.75) is 6.92 Å². The molecule has 1 aromatic carbocycles. The van der Waals surface area contributed by atoms with Gasteiger partial charge in [0.2, 0.25) is 5.91 Å². The lowest BCUT2D eigenvalue weighted by atomic mass is 9.79. The van der Waals surface area contributed by atoms with Gasteiger partial charge < -0.3 is 15.8 Å². The van der Waals surface area contributed by atoms with E-state index in [9.17, 15) is 9.59 Å². The normalized spacial score (nSPS) is 15.6. The van der Waals surface area contributed by atoms with Crippen LogP contribution in [0.5, 0.6) is 0 Å². The van der Waals surface area contributed by atoms with Gasteiger partial charge in [0, 0.05) is 35.6 Å². The van der Waals surface area contributed by atoms with Crippen LogP contribution in [0.4, 0.5) is 5.69 Å². The van der Waals surface area contributed by atoms with E-state index in [0.29, 0.717) is 22.3 Å². The average molecular weight is 375 g/mol. The molecule has 4 N–H and O–H groups in total. The maximum atomic E-state index is 12.8. The zero-order valence-electron chi connectivity index (χ0n) is 15.4. The number of allylic oxidation sites excluding steroid dienone is 2. The maximum Gasteiger partial charge on any atom is 0.371 e. The predicted molar refractivity (Wildman–Crippen MR) is 109 cm³/mol. The van der Waals surface area contributed by atoms with Crippen molar-refractivity contribution in [3.05, 3.63) is 72.0 Å². The SMILES string of the molecule is C=CC1=C(/C=C(\C)C(CN)C(=O)Nc2ccc3cnccc3c2)[B]ONC1=O. The van der Waals surface area contributed by atoms with Gasteiger partial charge in [0.15, 0.2) is 0 Å². The number of hydrogen-bond acceptors (Lipinski definition) is 5. The number of benzene rings is 1. The van der Waals surface area contributed by atoms with Crippen molar-refractivity contribution in [3.63, 3.8) is 0 Å². The average Bonchev–Trinajstić information content (AvgIpc) is 2.68. The minimum Gasteiger partial charge on any atom is -0.337 e. The van der Waals surface area contributed by atoms with Crippen molar-refractivity contribution in [2.75, 3.05) is 11.9 Å². The van der Waals surface area contributed by atoms with E-state index in [2.05, 4.69) is 22.4 Å². The van der Waals surface area contributed by atoms with E-state index in [-0.39, 0.29) is 12.5 Å². The molecular weight excluding hydrogens is 355 g/mol. The molecule has 2 amide bonds. The zero-order chi connectivity index (χ0) is 20.1. The van der Waals surface area contributed by atoms with Crippen LogP contribution in [0.3, 0.4) is 0 Å². The molecule has 141 valence electrons. The summed E-state index contributed by atoms with van der Waals surface area (Å²) in [6.07, 6.45) is 6.61. The first-order valence-electron chi connectivity index (χ1n) is 8.72. The quantitative estimate of drug-likeness (QED) is 0.668. The Labute approximate surface area is 163 Å². The molecule has 0 fully saturated rings. The lowest BCUT2D eigenvalue weighted by Gasteiger charge is -2.19. The van der Waals surface area contributed by atoms with Crippen LogP contribution < -0.4 is 16.5 Å². The Kier molecular flexibility index (Phi) is 6.03. The van der Waals surface area contributed by atoms with E-state index in [1.807, 2.05) is 24.3 Å². The van der Waals surface area contributed by atoms with Gasteiger partial charge >= 0.3 is 7.48 Å². The molecule has 1 unspecified atom stereocenters. The summed E-state index contributed by atoms with van der Waals surface area (Å²) >= 11 is 0. The number of hydrogen-bond donors (Lipinski definition) is 3. The molecule has 28 heavy (non-hydrogen) atoms. The summed E-state index contributed by atoms with van der Waals surface area (Å²) in [6, 6.07) is 7.48. The number of carbonyl (C=O) groups is 2. The molecule has 1 aliphatic rings. The highest BCUT2D eigenvalue weighted by Gasteiger charge is 2.23. The molecule has 0 spiro atoms. The number of nitrogens with two attached hydrogens (primary N) is 1. The summed E-state index contributed by atoms with van der Waals surface area (Å²) in [6.45, 7) is 5.55. The molecule has 0 aliphatic carbocycles. The number of carbonyl (C=O) groups excluding carboxylic acids is 2. The van der Waals surface area contributed by atoms with E-state index in [4.69, 9.17) is 10.5 Å². The standard InChI is InChI=1S/C20H20BN4O3/c1-3-16-18(21-28-25-20(16)27)8-12(2)17(10-22)19(26)24-15-5-4-14-11-23-7-6-13(14)9-15/h3-9,11,17H,1,10,22H2,2H3,(H,24,26)(H,25,27)/b12-8+. The molecule has 8 heteroatoms. The van der Waals surface area contributed by atoms with E-state index in [0.717, 1.165) is 10.8 Å². The Balaban J connectivity index is 1.82. The van der Waals surface area contributed by atoms with Crippen LogP contribution in [0.1, 0.15) is 6.92 Å². The number of nitrogens with zero attached hydrogens (tertiary/aromatic N) is 1. The molecular formula is C20H20BN4O3. The fourth-order valence-corrected chi connectivity index (χ4v) is 2.95. The number of hydroxylamine groups is 1. The summed E-state index contributed by atoms with van der Waals surface area (Å²) < 4.78 is 4.93. The third-order valence-corrected chi connectivity index (χ3v) is 4.49. The monoisotopic (exact) mass is 375 g/mol. The fourth-order valence-electron chi connectivity index (χ4n) is 2.95. The van der Waals surface area contributed by atoms with Gasteiger partial charge in [0.25, 0.3) is 5.91 Å². The number of aromatic nitrogens is 1. The van der Waals surface area contributed by atoms with Crippen LogP contribution in [-0.2, 0) is 14.3 Å². The highest BCUT2D eigenvalue weighted by molar-refractivity contribution is 6.42. The Hall–Kier alpha value is -3.23. The zero-order valence-corrected chi connectivity index (χ0v) is 15.4. The number of rotatable bonds is 6. The summed E-state index contributed by atoms with van der Waals surface area (Å²) in [5.41, 5.74) is 10.4. The molecule has 2 aromatic rings. The topological polar surface area (TPSA) is 106 Å². The highest BCUT2D eigenvalue weighted by Crippen LogP contribution is 2.21. The van der Waals surface area contributed by atoms with E-state index >= 15 is 0 Å². The first-order valence-corrected chi connectivity index (χ1v) is 8.72. The molecule has 1 aliphatic heterocycles. The van der Waals surface area contributed by atoms with Crippen LogP contribution in [-0.4, -0.2) is 30.8 Å². The van der Waals surface area contributed by atoms with Gasteiger partial charge in [-0.25, -0.2) is 5.48 Å². The summed E-state index contributed by atoms with van der Waals surface area (Å²) in [5, 5.41) is 4.86. The third-order valence-electron chi connectivity index (χ3n) is 4.49. The largest absolute Gasteiger partial charge is 0.371 e. The lowest BCUT2D eigenvalue weighted by molar-refractivity contribution is -0.124. The second kappa shape index (κ2) is 8.64. The Morgan fingerprint density at radius 1 is 1.43 bits per heavy atom. The maximum absolute atomic E-state index is 12.8. The Bertz CT molecular complexity index is 1000. The Morgan fingerprint density at radius 2 is 2.25 bits per heavy atom. The number of amides is 2. The minimum atomic E-state index is -0.565. The Morgan fingerprint density at radius 3 is 3.00 bits per heavy atom. The van der Waals surface area contributed by atoms with Gasteiger partial charge in [-0.15, -0.1) is 0 Å². The van der Waals surface area contributed by atoms with Crippen molar-refractivity contribution >= 4 is 35.8 Å². The molecule has 7 nitrogen and oxygen atoms in total. The van der Waals surface area contributed by atoms with Crippen LogP contribution in [0, 0.1) is 5.92 Å². The number of pyridine rings is 1. The second-order valence-electron chi connectivity index (χ2n) is 6.34. The fraction of sp³-hybridized carbons (Fsp3) is 0.150. The van der Waals surface area contributed by atoms with Crippen LogP contribution >= 0.6 is 0 Å². The van der Waals surface area contributed by atoms with Crippen LogP contribution in [0.25, 0.3) is 10.8 Å². The molecule has 1 atom stereocenters. The van der Waals surface area contributed by atoms with Crippen molar-refractivity contribution in [2.24, 2.45) is 11.7 Å². The summed E-state index contributed by atoms with van der Waals surface area (Å²) in [5.74, 6) is -1.19. The first kappa shape index (κ1) is 19.5. The number of nitrogens with one attached hydrogen (secondary N) is 2. The second-order valence-corrected chi connectivity index (χ2v) is 6.34. The molecule has 0 saturated heterocycles. The molecule has 1 radical (unpaired) electrons.